The van der Waals surface area contributed by atoms with Gasteiger partial charge in [-0.05, 0) is 43.2 Å². The summed E-state index contributed by atoms with van der Waals surface area (Å²) in [6.07, 6.45) is 5.35. The predicted octanol–water partition coefficient (Wildman–Crippen LogP) is 1.36. The van der Waals surface area contributed by atoms with Crippen LogP contribution in [-0.4, -0.2) is 42.0 Å². The number of nitrogen functional groups attached to an aromatic ring is 1. The average Bonchev–Trinajstić information content (AvgIpc) is 3.13. The van der Waals surface area contributed by atoms with E-state index in [0.717, 1.165) is 56.7 Å². The molecule has 5 nitrogen and oxygen atoms in total. The summed E-state index contributed by atoms with van der Waals surface area (Å²) in [6, 6.07) is 3.84. The van der Waals surface area contributed by atoms with Crippen LogP contribution in [0.4, 0.5) is 11.5 Å². The lowest BCUT2D eigenvalue weighted by atomic mass is 10.0. The topological polar surface area (TPSA) is 62.5 Å². The standard InChI is InChI=1S/C16H22N4O/c17-14-1-2-15(18-10-14)19-3-5-20(6-4-19)16(21)13-8-11-7-12(11)9-13/h1-2,10-13H,3-9,17H2. The second-order valence-electron chi connectivity index (χ2n) is 6.69. The summed E-state index contributed by atoms with van der Waals surface area (Å²) in [6.45, 7) is 3.36. The molecule has 2 unspecified atom stereocenters. The molecule has 1 saturated heterocycles. The molecule has 3 fully saturated rings. The minimum Gasteiger partial charge on any atom is -0.397 e. The molecule has 0 spiro atoms. The predicted molar refractivity (Wildman–Crippen MR) is 81.8 cm³/mol. The molecule has 2 atom stereocenters. The van der Waals surface area contributed by atoms with E-state index in [1.54, 1.807) is 6.20 Å². The SMILES string of the molecule is Nc1ccc(N2CCN(C(=O)C3CC4CC4C3)CC2)nc1. The first kappa shape index (κ1) is 12.9. The van der Waals surface area contributed by atoms with Gasteiger partial charge in [0.05, 0.1) is 11.9 Å². The van der Waals surface area contributed by atoms with Gasteiger partial charge in [0.25, 0.3) is 0 Å². The third-order valence-corrected chi connectivity index (χ3v) is 5.28. The van der Waals surface area contributed by atoms with Gasteiger partial charge in [0.1, 0.15) is 5.82 Å². The number of fused-ring (bicyclic) bond motifs is 1. The number of carbonyl (C=O) groups is 1. The third kappa shape index (κ3) is 2.45. The first-order valence-corrected chi connectivity index (χ1v) is 7.96. The molecule has 2 aliphatic carbocycles. The summed E-state index contributed by atoms with van der Waals surface area (Å²) in [5, 5.41) is 0. The molecule has 2 N–H and O–H groups in total. The number of amides is 1. The lowest BCUT2D eigenvalue weighted by Gasteiger charge is -2.36. The summed E-state index contributed by atoms with van der Waals surface area (Å²) in [5.41, 5.74) is 6.36. The van der Waals surface area contributed by atoms with E-state index < -0.39 is 0 Å². The van der Waals surface area contributed by atoms with Crippen LogP contribution in [0.15, 0.2) is 18.3 Å². The van der Waals surface area contributed by atoms with Crippen LogP contribution in [0.25, 0.3) is 0 Å². The number of anilines is 2. The van der Waals surface area contributed by atoms with E-state index in [1.807, 2.05) is 12.1 Å². The largest absolute Gasteiger partial charge is 0.397 e. The normalized spacial score (nSPS) is 31.1. The zero-order valence-electron chi connectivity index (χ0n) is 12.2. The number of piperazine rings is 1. The van der Waals surface area contributed by atoms with Crippen molar-refractivity contribution in [3.8, 4) is 0 Å². The van der Waals surface area contributed by atoms with Crippen molar-refractivity contribution >= 4 is 17.4 Å². The van der Waals surface area contributed by atoms with Gasteiger partial charge in [0, 0.05) is 32.1 Å². The van der Waals surface area contributed by atoms with Gasteiger partial charge in [-0.15, -0.1) is 0 Å². The first-order chi connectivity index (χ1) is 10.2. The molecule has 1 aromatic rings. The van der Waals surface area contributed by atoms with Crippen LogP contribution in [0.5, 0.6) is 0 Å². The fourth-order valence-electron chi connectivity index (χ4n) is 3.92. The number of nitrogens with two attached hydrogens (primary N) is 1. The smallest absolute Gasteiger partial charge is 0.225 e. The maximum Gasteiger partial charge on any atom is 0.225 e. The molecule has 2 saturated carbocycles. The van der Waals surface area contributed by atoms with Crippen LogP contribution < -0.4 is 10.6 Å². The number of hydrogen-bond donors (Lipinski definition) is 1. The lowest BCUT2D eigenvalue weighted by molar-refractivity contribution is -0.136. The van der Waals surface area contributed by atoms with Gasteiger partial charge in [-0.3, -0.25) is 4.79 Å². The molecule has 0 radical (unpaired) electrons. The summed E-state index contributed by atoms with van der Waals surface area (Å²) < 4.78 is 0. The van der Waals surface area contributed by atoms with Crippen molar-refractivity contribution in [2.45, 2.75) is 19.3 Å². The van der Waals surface area contributed by atoms with Crippen LogP contribution in [0.1, 0.15) is 19.3 Å². The Morgan fingerprint density at radius 3 is 2.43 bits per heavy atom. The van der Waals surface area contributed by atoms with Gasteiger partial charge in [-0.25, -0.2) is 4.98 Å². The second kappa shape index (κ2) is 4.90. The molecule has 112 valence electrons. The zero-order chi connectivity index (χ0) is 14.4. The Morgan fingerprint density at radius 2 is 1.81 bits per heavy atom. The Morgan fingerprint density at radius 1 is 1.10 bits per heavy atom. The van der Waals surface area contributed by atoms with Gasteiger partial charge >= 0.3 is 0 Å². The molecule has 2 heterocycles. The maximum atomic E-state index is 12.5. The summed E-state index contributed by atoms with van der Waals surface area (Å²) in [5.74, 6) is 3.42. The van der Waals surface area contributed by atoms with Crippen molar-refractivity contribution in [2.75, 3.05) is 36.8 Å². The minimum absolute atomic E-state index is 0.315. The van der Waals surface area contributed by atoms with E-state index in [0.29, 0.717) is 17.5 Å². The van der Waals surface area contributed by atoms with Crippen molar-refractivity contribution in [2.24, 2.45) is 17.8 Å². The van der Waals surface area contributed by atoms with Crippen LogP contribution in [0.3, 0.4) is 0 Å². The molecular weight excluding hydrogens is 264 g/mol. The molecule has 1 amide bonds. The highest BCUT2D eigenvalue weighted by atomic mass is 16.2. The Bertz CT molecular complexity index is 526. The van der Waals surface area contributed by atoms with E-state index in [2.05, 4.69) is 14.8 Å². The zero-order valence-corrected chi connectivity index (χ0v) is 12.2. The van der Waals surface area contributed by atoms with Crippen molar-refractivity contribution in [3.63, 3.8) is 0 Å². The van der Waals surface area contributed by atoms with E-state index >= 15 is 0 Å². The highest BCUT2D eigenvalue weighted by molar-refractivity contribution is 5.79. The number of aromatic nitrogens is 1. The number of hydrogen-bond acceptors (Lipinski definition) is 4. The number of carbonyl (C=O) groups excluding carboxylic acids is 1. The van der Waals surface area contributed by atoms with E-state index in [4.69, 9.17) is 5.73 Å². The van der Waals surface area contributed by atoms with Crippen molar-refractivity contribution in [1.29, 1.82) is 0 Å². The number of nitrogens with zero attached hydrogens (tertiary/aromatic N) is 3. The number of rotatable bonds is 2. The van der Waals surface area contributed by atoms with Crippen LogP contribution >= 0.6 is 0 Å². The minimum atomic E-state index is 0.315. The van der Waals surface area contributed by atoms with Gasteiger partial charge in [-0.1, -0.05) is 0 Å². The second-order valence-corrected chi connectivity index (χ2v) is 6.69. The van der Waals surface area contributed by atoms with Gasteiger partial charge in [0.15, 0.2) is 0 Å². The molecule has 4 rings (SSSR count). The Kier molecular flexibility index (Phi) is 3.01. The molecule has 21 heavy (non-hydrogen) atoms. The van der Waals surface area contributed by atoms with E-state index in [1.165, 1.54) is 6.42 Å². The molecule has 1 aliphatic heterocycles. The van der Waals surface area contributed by atoms with E-state index in [-0.39, 0.29) is 0 Å². The molecular formula is C16H22N4O. The molecule has 5 heteroatoms. The van der Waals surface area contributed by atoms with Crippen LogP contribution in [0.2, 0.25) is 0 Å². The van der Waals surface area contributed by atoms with Crippen molar-refractivity contribution in [3.05, 3.63) is 18.3 Å². The average molecular weight is 286 g/mol. The molecule has 1 aromatic heterocycles. The fraction of sp³-hybridized carbons (Fsp3) is 0.625. The van der Waals surface area contributed by atoms with E-state index in [9.17, 15) is 4.79 Å². The Labute approximate surface area is 125 Å². The Hall–Kier alpha value is -1.78. The summed E-state index contributed by atoms with van der Waals surface area (Å²) in [7, 11) is 0. The maximum absolute atomic E-state index is 12.5. The van der Waals surface area contributed by atoms with Crippen molar-refractivity contribution in [1.82, 2.24) is 9.88 Å². The van der Waals surface area contributed by atoms with Crippen molar-refractivity contribution < 1.29 is 4.79 Å². The first-order valence-electron chi connectivity index (χ1n) is 7.96. The summed E-state index contributed by atoms with van der Waals surface area (Å²) >= 11 is 0. The molecule has 3 aliphatic rings. The van der Waals surface area contributed by atoms with Gasteiger partial charge < -0.3 is 15.5 Å². The quantitative estimate of drug-likeness (QED) is 0.891. The monoisotopic (exact) mass is 286 g/mol. The van der Waals surface area contributed by atoms with Gasteiger partial charge in [-0.2, -0.15) is 0 Å². The highest BCUT2D eigenvalue weighted by Gasteiger charge is 2.48. The summed E-state index contributed by atoms with van der Waals surface area (Å²) in [4.78, 5) is 21.2. The Balaban J connectivity index is 1.33. The lowest BCUT2D eigenvalue weighted by Crippen LogP contribution is -2.50. The van der Waals surface area contributed by atoms with Crippen LogP contribution in [0, 0.1) is 17.8 Å². The number of pyridine rings is 1. The molecule has 0 bridgehead atoms. The molecule has 0 aromatic carbocycles. The van der Waals surface area contributed by atoms with Gasteiger partial charge in [0.2, 0.25) is 5.91 Å². The third-order valence-electron chi connectivity index (χ3n) is 5.28. The fourth-order valence-corrected chi connectivity index (χ4v) is 3.92. The van der Waals surface area contributed by atoms with Crippen LogP contribution in [-0.2, 0) is 4.79 Å². The highest BCUT2D eigenvalue weighted by Crippen LogP contribution is 2.54.